The van der Waals surface area contributed by atoms with E-state index in [1.807, 2.05) is 13.0 Å². The third-order valence-electron chi connectivity index (χ3n) is 3.42. The molecule has 6 heteroatoms. The minimum Gasteiger partial charge on any atom is -0.481 e. The van der Waals surface area contributed by atoms with Crippen LogP contribution in [0.4, 0.5) is 5.69 Å². The van der Waals surface area contributed by atoms with Crippen molar-refractivity contribution in [1.29, 1.82) is 0 Å². The Morgan fingerprint density at radius 2 is 2.25 bits per heavy atom. The van der Waals surface area contributed by atoms with Gasteiger partial charge in [-0.3, -0.25) is 9.59 Å². The lowest BCUT2D eigenvalue weighted by Crippen LogP contribution is -2.47. The van der Waals surface area contributed by atoms with Crippen LogP contribution in [0.25, 0.3) is 0 Å². The SMILES string of the molecule is Cc1ccc(C(=O)N2CCSCC2CC(=O)O)cc1N. The van der Waals surface area contributed by atoms with Crippen LogP contribution in [-0.4, -0.2) is 46.0 Å². The highest BCUT2D eigenvalue weighted by atomic mass is 32.2. The predicted molar refractivity (Wildman–Crippen MR) is 80.0 cm³/mol. The lowest BCUT2D eigenvalue weighted by Gasteiger charge is -2.34. The van der Waals surface area contributed by atoms with Gasteiger partial charge in [0.1, 0.15) is 0 Å². The lowest BCUT2D eigenvalue weighted by molar-refractivity contribution is -0.138. The molecule has 0 radical (unpaired) electrons. The maximum Gasteiger partial charge on any atom is 0.305 e. The molecule has 0 bridgehead atoms. The summed E-state index contributed by atoms with van der Waals surface area (Å²) in [5.41, 5.74) is 7.87. The van der Waals surface area contributed by atoms with Gasteiger partial charge in [0.25, 0.3) is 5.91 Å². The van der Waals surface area contributed by atoms with Gasteiger partial charge in [-0.05, 0) is 24.6 Å². The van der Waals surface area contributed by atoms with E-state index in [1.54, 1.807) is 28.8 Å². The number of amides is 1. The summed E-state index contributed by atoms with van der Waals surface area (Å²) in [6, 6.07) is 4.97. The van der Waals surface area contributed by atoms with E-state index in [2.05, 4.69) is 0 Å². The number of carboxylic acid groups (broad SMARTS) is 1. The van der Waals surface area contributed by atoms with Crippen LogP contribution in [0, 0.1) is 6.92 Å². The maximum absolute atomic E-state index is 12.5. The molecule has 1 aromatic rings. The van der Waals surface area contributed by atoms with Crippen molar-refractivity contribution in [3.05, 3.63) is 29.3 Å². The Labute approximate surface area is 122 Å². The quantitative estimate of drug-likeness (QED) is 0.827. The zero-order valence-electron chi connectivity index (χ0n) is 11.3. The number of benzene rings is 1. The Balaban J connectivity index is 2.20. The van der Waals surface area contributed by atoms with E-state index in [0.29, 0.717) is 23.5 Å². The van der Waals surface area contributed by atoms with E-state index < -0.39 is 5.97 Å². The van der Waals surface area contributed by atoms with Gasteiger partial charge >= 0.3 is 5.97 Å². The molecule has 1 amide bonds. The summed E-state index contributed by atoms with van der Waals surface area (Å²) in [5.74, 6) is 0.491. The zero-order valence-corrected chi connectivity index (χ0v) is 12.2. The number of aliphatic carboxylic acids is 1. The van der Waals surface area contributed by atoms with Crippen LogP contribution in [0.5, 0.6) is 0 Å². The predicted octanol–water partition coefficient (Wildman–Crippen LogP) is 1.61. The van der Waals surface area contributed by atoms with Gasteiger partial charge in [0.05, 0.1) is 12.5 Å². The van der Waals surface area contributed by atoms with Gasteiger partial charge in [0.2, 0.25) is 0 Å². The van der Waals surface area contributed by atoms with Crippen LogP contribution in [0.15, 0.2) is 18.2 Å². The van der Waals surface area contributed by atoms with Crippen molar-refractivity contribution in [3.8, 4) is 0 Å². The summed E-state index contributed by atoms with van der Waals surface area (Å²) in [6.45, 7) is 2.46. The number of thioether (sulfide) groups is 1. The van der Waals surface area contributed by atoms with Crippen molar-refractivity contribution in [1.82, 2.24) is 4.90 Å². The second kappa shape index (κ2) is 6.17. The molecule has 3 N–H and O–H groups in total. The van der Waals surface area contributed by atoms with Gasteiger partial charge in [0, 0.05) is 29.3 Å². The summed E-state index contributed by atoms with van der Waals surface area (Å²) in [7, 11) is 0. The van der Waals surface area contributed by atoms with Crippen LogP contribution in [0.3, 0.4) is 0 Å². The van der Waals surface area contributed by atoms with E-state index >= 15 is 0 Å². The molecule has 0 aromatic heterocycles. The van der Waals surface area contributed by atoms with Gasteiger partial charge in [-0.15, -0.1) is 0 Å². The van der Waals surface area contributed by atoms with Crippen LogP contribution >= 0.6 is 11.8 Å². The van der Waals surface area contributed by atoms with Gasteiger partial charge in [-0.2, -0.15) is 11.8 Å². The van der Waals surface area contributed by atoms with Crippen molar-refractivity contribution in [2.45, 2.75) is 19.4 Å². The highest BCUT2D eigenvalue weighted by molar-refractivity contribution is 7.99. The lowest BCUT2D eigenvalue weighted by atomic mass is 10.1. The molecular formula is C14H18N2O3S. The van der Waals surface area contributed by atoms with E-state index in [-0.39, 0.29) is 18.4 Å². The number of nitrogens with zero attached hydrogens (tertiary/aromatic N) is 1. The van der Waals surface area contributed by atoms with Crippen molar-refractivity contribution in [2.75, 3.05) is 23.8 Å². The molecule has 1 heterocycles. The fraction of sp³-hybridized carbons (Fsp3) is 0.429. The number of nitrogen functional groups attached to an aromatic ring is 1. The van der Waals surface area contributed by atoms with Crippen molar-refractivity contribution >= 4 is 29.3 Å². The highest BCUT2D eigenvalue weighted by Gasteiger charge is 2.29. The van der Waals surface area contributed by atoms with Crippen LogP contribution in [0.2, 0.25) is 0 Å². The molecule has 2 rings (SSSR count). The molecule has 0 spiro atoms. The van der Waals surface area contributed by atoms with E-state index in [4.69, 9.17) is 10.8 Å². The van der Waals surface area contributed by atoms with Crippen LogP contribution in [0.1, 0.15) is 22.3 Å². The number of rotatable bonds is 3. The summed E-state index contributed by atoms with van der Waals surface area (Å²) < 4.78 is 0. The average molecular weight is 294 g/mol. The Bertz CT molecular complexity index is 533. The first-order valence-corrected chi connectivity index (χ1v) is 7.61. The first-order chi connectivity index (χ1) is 9.49. The standard InChI is InChI=1S/C14H18N2O3S/c1-9-2-3-10(6-12(9)15)14(19)16-4-5-20-8-11(16)7-13(17)18/h2-3,6,11H,4-5,7-8,15H2,1H3,(H,17,18). The van der Waals surface area contributed by atoms with Crippen LogP contribution in [-0.2, 0) is 4.79 Å². The minimum absolute atomic E-state index is 0.0138. The van der Waals surface area contributed by atoms with Gasteiger partial charge in [0.15, 0.2) is 0 Å². The second-order valence-corrected chi connectivity index (χ2v) is 6.05. The Morgan fingerprint density at radius 3 is 2.90 bits per heavy atom. The second-order valence-electron chi connectivity index (χ2n) is 4.90. The molecule has 20 heavy (non-hydrogen) atoms. The van der Waals surface area contributed by atoms with Crippen molar-refractivity contribution < 1.29 is 14.7 Å². The molecule has 0 aliphatic carbocycles. The van der Waals surface area contributed by atoms with Crippen LogP contribution < -0.4 is 5.73 Å². The normalized spacial score (nSPS) is 18.9. The molecule has 0 saturated carbocycles. The first kappa shape index (κ1) is 14.7. The Morgan fingerprint density at radius 1 is 1.50 bits per heavy atom. The van der Waals surface area contributed by atoms with E-state index in [0.717, 1.165) is 11.3 Å². The summed E-state index contributed by atoms with van der Waals surface area (Å²) >= 11 is 1.69. The molecule has 1 fully saturated rings. The fourth-order valence-corrected chi connectivity index (χ4v) is 3.29. The molecule has 1 aliphatic heterocycles. The van der Waals surface area contributed by atoms with E-state index in [1.165, 1.54) is 0 Å². The number of hydrogen-bond donors (Lipinski definition) is 2. The maximum atomic E-state index is 12.5. The highest BCUT2D eigenvalue weighted by Crippen LogP contribution is 2.22. The number of hydrogen-bond acceptors (Lipinski definition) is 4. The largest absolute Gasteiger partial charge is 0.481 e. The number of aryl methyl sites for hydroxylation is 1. The molecule has 1 unspecified atom stereocenters. The third-order valence-corrected chi connectivity index (χ3v) is 4.52. The molecule has 5 nitrogen and oxygen atoms in total. The molecule has 1 aromatic carbocycles. The molecule has 1 atom stereocenters. The minimum atomic E-state index is -0.876. The molecule has 108 valence electrons. The van der Waals surface area contributed by atoms with Gasteiger partial charge in [-0.25, -0.2) is 0 Å². The number of carboxylic acids is 1. The fourth-order valence-electron chi connectivity index (χ4n) is 2.23. The number of anilines is 1. The number of nitrogens with two attached hydrogens (primary N) is 1. The smallest absolute Gasteiger partial charge is 0.305 e. The summed E-state index contributed by atoms with van der Waals surface area (Å²) in [5, 5.41) is 8.95. The summed E-state index contributed by atoms with van der Waals surface area (Å²) in [4.78, 5) is 25.1. The molecular weight excluding hydrogens is 276 g/mol. The topological polar surface area (TPSA) is 83.6 Å². The third kappa shape index (κ3) is 3.25. The van der Waals surface area contributed by atoms with E-state index in [9.17, 15) is 9.59 Å². The number of carbonyl (C=O) groups excluding carboxylic acids is 1. The zero-order chi connectivity index (χ0) is 14.7. The van der Waals surface area contributed by atoms with Crippen molar-refractivity contribution in [2.24, 2.45) is 0 Å². The Kier molecular flexibility index (Phi) is 4.54. The van der Waals surface area contributed by atoms with Gasteiger partial charge < -0.3 is 15.7 Å². The first-order valence-electron chi connectivity index (χ1n) is 6.45. The monoisotopic (exact) mass is 294 g/mol. The number of carbonyl (C=O) groups is 2. The molecule has 1 saturated heterocycles. The average Bonchev–Trinajstić information content (AvgIpc) is 2.41. The molecule has 1 aliphatic rings. The Hall–Kier alpha value is -1.69. The summed E-state index contributed by atoms with van der Waals surface area (Å²) in [6.07, 6.45) is -0.0138. The van der Waals surface area contributed by atoms with Gasteiger partial charge in [-0.1, -0.05) is 6.07 Å². The van der Waals surface area contributed by atoms with Crippen molar-refractivity contribution in [3.63, 3.8) is 0 Å².